The molecule has 2 aromatic carbocycles. The molecule has 0 bridgehead atoms. The second kappa shape index (κ2) is 8.76. The number of carbonyl (C=O) groups is 2. The number of hydrogen-bond acceptors (Lipinski definition) is 7. The number of benzene rings is 2. The fourth-order valence-electron chi connectivity index (χ4n) is 4.67. The fourth-order valence-corrected chi connectivity index (χ4v) is 7.13. The highest BCUT2D eigenvalue weighted by Crippen LogP contribution is 2.47. The van der Waals surface area contributed by atoms with Crippen LogP contribution in [0.4, 0.5) is 10.7 Å². The number of Topliss-reactive ketones (excluding diaryl/α,β-unsaturated/α-hetero) is 1. The minimum atomic E-state index is -0.462. The Morgan fingerprint density at radius 1 is 1.09 bits per heavy atom. The van der Waals surface area contributed by atoms with Crippen LogP contribution in [-0.4, -0.2) is 28.9 Å². The van der Waals surface area contributed by atoms with Crippen LogP contribution in [0.15, 0.2) is 59.7 Å². The van der Waals surface area contributed by atoms with Crippen LogP contribution in [0.1, 0.15) is 44.0 Å². The van der Waals surface area contributed by atoms with E-state index in [1.807, 2.05) is 30.3 Å². The zero-order valence-electron chi connectivity index (χ0n) is 18.2. The summed E-state index contributed by atoms with van der Waals surface area (Å²) in [6, 6.07) is 16.6. The molecule has 0 spiro atoms. The lowest BCUT2D eigenvalue weighted by atomic mass is 9.94. The van der Waals surface area contributed by atoms with Gasteiger partial charge < -0.3 is 0 Å². The number of rotatable bonds is 4. The van der Waals surface area contributed by atoms with Crippen LogP contribution in [0.2, 0.25) is 5.02 Å². The standard InChI is InChI=1S/C25H21ClN4O2S2/c26-16-12-10-15(11-13-16)19(31)14-33-25-28-27-24-29(17-6-2-1-3-7-17)22(32)21-18-8-4-5-9-20(18)34-23(21)30(24)25/h1-3,6-7,10-13,24,27H,4-5,8-9,14H2. The molecule has 0 fully saturated rings. The monoisotopic (exact) mass is 508 g/mol. The first-order valence-electron chi connectivity index (χ1n) is 11.2. The van der Waals surface area contributed by atoms with Crippen LogP contribution in [0.25, 0.3) is 0 Å². The van der Waals surface area contributed by atoms with Crippen molar-refractivity contribution in [1.29, 1.82) is 0 Å². The number of anilines is 2. The quantitative estimate of drug-likeness (QED) is 0.470. The highest BCUT2D eigenvalue weighted by molar-refractivity contribution is 8.14. The molecule has 3 aromatic rings. The Hall–Kier alpha value is -2.81. The molecule has 172 valence electrons. The summed E-state index contributed by atoms with van der Waals surface area (Å²) in [5, 5.41) is 6.80. The van der Waals surface area contributed by atoms with Gasteiger partial charge in [0, 0.05) is 21.2 Å². The number of para-hydroxylation sites is 1. The zero-order valence-corrected chi connectivity index (χ0v) is 20.6. The number of fused-ring (bicyclic) bond motifs is 5. The number of halogens is 1. The normalized spacial score (nSPS) is 18.7. The number of carbonyl (C=O) groups excluding carboxylic acids is 2. The average Bonchev–Trinajstić information content (AvgIpc) is 3.45. The lowest BCUT2D eigenvalue weighted by Gasteiger charge is -2.39. The molecule has 0 saturated carbocycles. The maximum atomic E-state index is 13.8. The van der Waals surface area contributed by atoms with Gasteiger partial charge in [-0.2, -0.15) is 5.10 Å². The lowest BCUT2D eigenvalue weighted by Crippen LogP contribution is -2.58. The Morgan fingerprint density at radius 3 is 2.65 bits per heavy atom. The van der Waals surface area contributed by atoms with Crippen molar-refractivity contribution >= 4 is 62.2 Å². The average molecular weight is 509 g/mol. The van der Waals surface area contributed by atoms with Gasteiger partial charge in [-0.3, -0.25) is 24.8 Å². The molecule has 0 saturated heterocycles. The third kappa shape index (κ3) is 3.61. The number of nitrogens with zero attached hydrogens (tertiary/aromatic N) is 3. The summed E-state index contributed by atoms with van der Waals surface area (Å²) in [4.78, 5) is 31.8. The highest BCUT2D eigenvalue weighted by atomic mass is 35.5. The minimum absolute atomic E-state index is 0.00603. The van der Waals surface area contributed by atoms with E-state index in [1.54, 1.807) is 40.5 Å². The van der Waals surface area contributed by atoms with Crippen molar-refractivity contribution in [2.75, 3.05) is 15.6 Å². The van der Waals surface area contributed by atoms with Crippen molar-refractivity contribution in [2.24, 2.45) is 5.10 Å². The van der Waals surface area contributed by atoms with E-state index >= 15 is 0 Å². The van der Waals surface area contributed by atoms with Crippen molar-refractivity contribution in [1.82, 2.24) is 5.43 Å². The number of amides is 1. The van der Waals surface area contributed by atoms with Gasteiger partial charge in [0.05, 0.1) is 11.3 Å². The molecule has 3 heterocycles. The SMILES string of the molecule is O=C(CSC1=NNC2N(c3ccccc3)C(=O)c3c(sc4c3CCCC4)N12)c1ccc(Cl)cc1. The maximum absolute atomic E-state index is 13.8. The van der Waals surface area contributed by atoms with Gasteiger partial charge in [-0.05, 0) is 67.6 Å². The molecular weight excluding hydrogens is 488 g/mol. The van der Waals surface area contributed by atoms with Gasteiger partial charge in [0.2, 0.25) is 6.29 Å². The molecule has 6 nitrogen and oxygen atoms in total. The van der Waals surface area contributed by atoms with Crippen LogP contribution in [0.5, 0.6) is 0 Å². The molecule has 1 amide bonds. The second-order valence-electron chi connectivity index (χ2n) is 8.39. The first-order valence-corrected chi connectivity index (χ1v) is 13.4. The number of aryl methyl sites for hydroxylation is 1. The van der Waals surface area contributed by atoms with Crippen molar-refractivity contribution in [3.8, 4) is 0 Å². The molecule has 3 aliphatic rings. The molecule has 1 N–H and O–H groups in total. The van der Waals surface area contributed by atoms with Crippen LogP contribution in [0, 0.1) is 0 Å². The molecule has 1 aromatic heterocycles. The molecule has 6 rings (SSSR count). The van der Waals surface area contributed by atoms with E-state index in [-0.39, 0.29) is 17.4 Å². The maximum Gasteiger partial charge on any atom is 0.264 e. The van der Waals surface area contributed by atoms with Gasteiger partial charge in [0.25, 0.3) is 5.91 Å². The minimum Gasteiger partial charge on any atom is -0.293 e. The van der Waals surface area contributed by atoms with Crippen LogP contribution in [0.3, 0.4) is 0 Å². The number of hydrazone groups is 1. The third-order valence-electron chi connectivity index (χ3n) is 6.31. The van der Waals surface area contributed by atoms with E-state index in [9.17, 15) is 9.59 Å². The Labute approximate surface area is 210 Å². The smallest absolute Gasteiger partial charge is 0.264 e. The van der Waals surface area contributed by atoms with Crippen LogP contribution >= 0.6 is 34.7 Å². The van der Waals surface area contributed by atoms with Gasteiger partial charge in [-0.15, -0.1) is 11.3 Å². The summed E-state index contributed by atoms with van der Waals surface area (Å²) in [5.74, 6) is 0.255. The predicted molar refractivity (Wildman–Crippen MR) is 139 cm³/mol. The summed E-state index contributed by atoms with van der Waals surface area (Å²) in [7, 11) is 0. The fraction of sp³-hybridized carbons (Fsp3) is 0.240. The Morgan fingerprint density at radius 2 is 1.85 bits per heavy atom. The Kier molecular flexibility index (Phi) is 5.59. The number of ketones is 1. The van der Waals surface area contributed by atoms with E-state index in [0.29, 0.717) is 15.8 Å². The van der Waals surface area contributed by atoms with Crippen molar-refractivity contribution < 1.29 is 9.59 Å². The number of nitrogens with one attached hydrogen (secondary N) is 1. The number of amidine groups is 1. The van der Waals surface area contributed by atoms with Crippen molar-refractivity contribution in [2.45, 2.75) is 32.0 Å². The summed E-state index contributed by atoms with van der Waals surface area (Å²) in [6.07, 6.45) is 3.72. The summed E-state index contributed by atoms with van der Waals surface area (Å²) < 4.78 is 0. The zero-order chi connectivity index (χ0) is 23.2. The Bertz CT molecular complexity index is 1310. The van der Waals surface area contributed by atoms with Gasteiger partial charge in [-0.1, -0.05) is 41.6 Å². The van der Waals surface area contributed by atoms with E-state index in [2.05, 4.69) is 15.4 Å². The van der Waals surface area contributed by atoms with Crippen LogP contribution in [-0.2, 0) is 12.8 Å². The first-order chi connectivity index (χ1) is 16.6. The summed E-state index contributed by atoms with van der Waals surface area (Å²) in [6.45, 7) is 0. The van der Waals surface area contributed by atoms with E-state index in [0.717, 1.165) is 41.9 Å². The molecule has 1 aliphatic carbocycles. The predicted octanol–water partition coefficient (Wildman–Crippen LogP) is 5.52. The van der Waals surface area contributed by atoms with Crippen molar-refractivity contribution in [3.63, 3.8) is 0 Å². The van der Waals surface area contributed by atoms with E-state index in [4.69, 9.17) is 11.6 Å². The van der Waals surface area contributed by atoms with Gasteiger partial charge >= 0.3 is 0 Å². The Balaban J connectivity index is 1.34. The molecule has 9 heteroatoms. The molecule has 34 heavy (non-hydrogen) atoms. The number of hydrogen-bond donors (Lipinski definition) is 1. The molecule has 2 aliphatic heterocycles. The molecular formula is C25H21ClN4O2S2. The second-order valence-corrected chi connectivity index (χ2v) is 10.9. The largest absolute Gasteiger partial charge is 0.293 e. The van der Waals surface area contributed by atoms with E-state index in [1.165, 1.54) is 22.2 Å². The molecule has 0 radical (unpaired) electrons. The van der Waals surface area contributed by atoms with Crippen LogP contribution < -0.4 is 15.2 Å². The topological polar surface area (TPSA) is 65.0 Å². The highest BCUT2D eigenvalue weighted by Gasteiger charge is 2.47. The summed E-state index contributed by atoms with van der Waals surface area (Å²) in [5.41, 5.74) is 6.57. The number of thiophene rings is 1. The summed E-state index contributed by atoms with van der Waals surface area (Å²) >= 11 is 9.04. The number of thioether (sulfide) groups is 1. The third-order valence-corrected chi connectivity index (χ3v) is 8.80. The van der Waals surface area contributed by atoms with Crippen molar-refractivity contribution in [3.05, 3.63) is 81.2 Å². The first kappa shape index (κ1) is 21.7. The molecule has 1 atom stereocenters. The van der Waals surface area contributed by atoms with Gasteiger partial charge in [0.15, 0.2) is 11.0 Å². The van der Waals surface area contributed by atoms with Gasteiger partial charge in [0.1, 0.15) is 5.00 Å². The van der Waals surface area contributed by atoms with E-state index < -0.39 is 6.29 Å². The van der Waals surface area contributed by atoms with Gasteiger partial charge in [-0.25, -0.2) is 0 Å². The molecule has 1 unspecified atom stereocenters. The lowest BCUT2D eigenvalue weighted by molar-refractivity contribution is 0.0966.